The summed E-state index contributed by atoms with van der Waals surface area (Å²) in [6, 6.07) is 0. The average Bonchev–Trinajstić information content (AvgIpc) is 2.98. The smallest absolute Gasteiger partial charge is 0.409 e. The predicted octanol–water partition coefficient (Wildman–Crippen LogP) is 11.9. The van der Waals surface area contributed by atoms with E-state index in [1.165, 1.54) is 141 Å². The molecule has 0 radical (unpaired) electrons. The molecule has 0 saturated heterocycles. The molecule has 0 aromatic carbocycles. The lowest BCUT2D eigenvalue weighted by atomic mass is 10.1. The summed E-state index contributed by atoms with van der Waals surface area (Å²) in [5.41, 5.74) is 0. The van der Waals surface area contributed by atoms with Gasteiger partial charge in [-0.05, 0) is 84.7 Å². The first-order valence-electron chi connectivity index (χ1n) is 18.5. The summed E-state index contributed by atoms with van der Waals surface area (Å²) >= 11 is 0. The van der Waals surface area contributed by atoms with E-state index in [0.717, 1.165) is 38.9 Å². The number of hydrogen-bond acceptors (Lipinski definition) is 3. The molecule has 0 fully saturated rings. The van der Waals surface area contributed by atoms with Crippen molar-refractivity contribution in [3.8, 4) is 0 Å². The van der Waals surface area contributed by atoms with E-state index < -0.39 is 0 Å². The molecule has 42 heavy (non-hydrogen) atoms. The van der Waals surface area contributed by atoms with Gasteiger partial charge in [0.15, 0.2) is 0 Å². The molecule has 0 bridgehead atoms. The molecule has 4 heteroatoms. The zero-order chi connectivity index (χ0) is 30.8. The Morgan fingerprint density at radius 2 is 0.833 bits per heavy atom. The van der Waals surface area contributed by atoms with Crippen LogP contribution in [0.5, 0.6) is 0 Å². The first-order chi connectivity index (χ1) is 20.6. The van der Waals surface area contributed by atoms with Gasteiger partial charge in [-0.15, -0.1) is 0 Å². The lowest BCUT2D eigenvalue weighted by molar-refractivity contribution is 0.0976. The van der Waals surface area contributed by atoms with Gasteiger partial charge >= 0.3 is 6.09 Å². The molecule has 0 spiro atoms. The minimum atomic E-state index is -0.100. The molecule has 0 heterocycles. The largest absolute Gasteiger partial charge is 0.449 e. The number of amides is 1. The number of rotatable bonds is 32. The molecule has 0 aliphatic heterocycles. The van der Waals surface area contributed by atoms with Crippen LogP contribution < -0.4 is 0 Å². The fraction of sp³-hybridized carbons (Fsp3) is 0.868. The van der Waals surface area contributed by atoms with Gasteiger partial charge in [0.25, 0.3) is 0 Å². The SMILES string of the molecule is CCCCCC/C=C\CCCCCCCCN(CCCCCCCC/C=C\CCCCCC)C(=O)OCCCN(C)C. The normalized spacial score (nSPS) is 11.8. The summed E-state index contributed by atoms with van der Waals surface area (Å²) in [4.78, 5) is 16.9. The van der Waals surface area contributed by atoms with Crippen molar-refractivity contribution in [3.63, 3.8) is 0 Å². The van der Waals surface area contributed by atoms with E-state index >= 15 is 0 Å². The van der Waals surface area contributed by atoms with Crippen LogP contribution in [0.2, 0.25) is 0 Å². The summed E-state index contributed by atoms with van der Waals surface area (Å²) in [6.45, 7) is 7.71. The van der Waals surface area contributed by atoms with E-state index in [4.69, 9.17) is 4.74 Å². The number of carbonyl (C=O) groups is 1. The summed E-state index contributed by atoms with van der Waals surface area (Å²) < 4.78 is 5.64. The van der Waals surface area contributed by atoms with E-state index in [1.54, 1.807) is 0 Å². The van der Waals surface area contributed by atoms with Crippen LogP contribution in [0.3, 0.4) is 0 Å². The molecule has 0 aromatic rings. The predicted molar refractivity (Wildman–Crippen MR) is 187 cm³/mol. The highest BCUT2D eigenvalue weighted by Crippen LogP contribution is 2.13. The maximum Gasteiger partial charge on any atom is 0.409 e. The maximum atomic E-state index is 12.8. The standard InChI is InChI=1S/C38H74N2O2/c1-5-7-9-11-13-15-17-19-21-23-25-27-29-31-35-40(38(41)42-37-33-34-39(3)4)36-32-30-28-26-24-22-20-18-16-14-12-10-8-6-2/h15-18H,5-14,19-37H2,1-4H3/b17-15-,18-16-. The molecule has 0 rings (SSSR count). The van der Waals surface area contributed by atoms with Gasteiger partial charge in [0.1, 0.15) is 0 Å². The van der Waals surface area contributed by atoms with Crippen LogP contribution in [0.4, 0.5) is 4.79 Å². The fourth-order valence-corrected chi connectivity index (χ4v) is 5.32. The average molecular weight is 591 g/mol. The highest BCUT2D eigenvalue weighted by Gasteiger charge is 2.14. The van der Waals surface area contributed by atoms with Crippen molar-refractivity contribution in [2.45, 2.75) is 174 Å². The van der Waals surface area contributed by atoms with Gasteiger partial charge in [-0.2, -0.15) is 0 Å². The molecule has 0 N–H and O–H groups in total. The third-order valence-corrected chi connectivity index (χ3v) is 8.11. The Labute approximate surface area is 264 Å². The molecule has 0 unspecified atom stereocenters. The lowest BCUT2D eigenvalue weighted by Crippen LogP contribution is -2.34. The highest BCUT2D eigenvalue weighted by atomic mass is 16.6. The monoisotopic (exact) mass is 591 g/mol. The maximum absolute atomic E-state index is 12.8. The number of allylic oxidation sites excluding steroid dienone is 4. The van der Waals surface area contributed by atoms with Gasteiger partial charge in [0.05, 0.1) is 6.61 Å². The summed E-state index contributed by atoms with van der Waals surface area (Å²) in [6.07, 6.45) is 41.3. The van der Waals surface area contributed by atoms with E-state index in [0.29, 0.717) is 6.61 Å². The zero-order valence-electron chi connectivity index (χ0n) is 29.0. The Balaban J connectivity index is 4.00. The molecule has 0 aliphatic carbocycles. The van der Waals surface area contributed by atoms with E-state index in [2.05, 4.69) is 57.1 Å². The van der Waals surface area contributed by atoms with Crippen molar-refractivity contribution in [1.82, 2.24) is 9.80 Å². The van der Waals surface area contributed by atoms with Crippen molar-refractivity contribution >= 4 is 6.09 Å². The molecular formula is C38H74N2O2. The first-order valence-corrected chi connectivity index (χ1v) is 18.5. The number of unbranched alkanes of at least 4 members (excludes halogenated alkanes) is 20. The van der Waals surface area contributed by atoms with Crippen LogP contribution in [0.1, 0.15) is 174 Å². The Hall–Kier alpha value is -1.29. The minimum Gasteiger partial charge on any atom is -0.449 e. The Kier molecular flexibility index (Phi) is 33.2. The Morgan fingerprint density at radius 1 is 0.476 bits per heavy atom. The molecule has 0 aromatic heterocycles. The lowest BCUT2D eigenvalue weighted by Gasteiger charge is -2.22. The fourth-order valence-electron chi connectivity index (χ4n) is 5.32. The molecule has 1 amide bonds. The van der Waals surface area contributed by atoms with Gasteiger partial charge in [0.2, 0.25) is 0 Å². The molecule has 4 nitrogen and oxygen atoms in total. The van der Waals surface area contributed by atoms with Crippen molar-refractivity contribution in [2.75, 3.05) is 40.3 Å². The number of carbonyl (C=O) groups excluding carboxylic acids is 1. The number of nitrogens with zero attached hydrogens (tertiary/aromatic N) is 2. The van der Waals surface area contributed by atoms with Crippen LogP contribution in [0.15, 0.2) is 24.3 Å². The number of hydrogen-bond donors (Lipinski definition) is 0. The van der Waals surface area contributed by atoms with Crippen molar-refractivity contribution in [2.24, 2.45) is 0 Å². The van der Waals surface area contributed by atoms with E-state index in [-0.39, 0.29) is 6.09 Å². The number of ether oxygens (including phenoxy) is 1. The van der Waals surface area contributed by atoms with Crippen LogP contribution >= 0.6 is 0 Å². The van der Waals surface area contributed by atoms with Gasteiger partial charge in [-0.3, -0.25) is 0 Å². The second kappa shape index (κ2) is 34.2. The topological polar surface area (TPSA) is 32.8 Å². The summed E-state index contributed by atoms with van der Waals surface area (Å²) in [5.74, 6) is 0. The van der Waals surface area contributed by atoms with Gasteiger partial charge < -0.3 is 14.5 Å². The molecule has 0 atom stereocenters. The molecule has 248 valence electrons. The second-order valence-corrected chi connectivity index (χ2v) is 12.7. The van der Waals surface area contributed by atoms with E-state index in [9.17, 15) is 4.79 Å². The van der Waals surface area contributed by atoms with Crippen molar-refractivity contribution < 1.29 is 9.53 Å². The van der Waals surface area contributed by atoms with Crippen LogP contribution in [0.25, 0.3) is 0 Å². The van der Waals surface area contributed by atoms with Crippen molar-refractivity contribution in [3.05, 3.63) is 24.3 Å². The zero-order valence-corrected chi connectivity index (χ0v) is 29.0. The molecule has 0 aliphatic rings. The van der Waals surface area contributed by atoms with Crippen molar-refractivity contribution in [1.29, 1.82) is 0 Å². The first kappa shape index (κ1) is 40.7. The van der Waals surface area contributed by atoms with Crippen LogP contribution in [-0.2, 0) is 4.74 Å². The van der Waals surface area contributed by atoms with Gasteiger partial charge in [-0.25, -0.2) is 4.79 Å². The highest BCUT2D eigenvalue weighted by molar-refractivity contribution is 5.67. The van der Waals surface area contributed by atoms with Crippen LogP contribution in [0, 0.1) is 0 Å². The molecular weight excluding hydrogens is 516 g/mol. The second-order valence-electron chi connectivity index (χ2n) is 12.7. The molecule has 0 saturated carbocycles. The quantitative estimate of drug-likeness (QED) is 0.0577. The summed E-state index contributed by atoms with van der Waals surface area (Å²) in [5, 5.41) is 0. The Morgan fingerprint density at radius 3 is 1.21 bits per heavy atom. The Bertz CT molecular complexity index is 564. The summed E-state index contributed by atoms with van der Waals surface area (Å²) in [7, 11) is 4.12. The van der Waals surface area contributed by atoms with Gasteiger partial charge in [0, 0.05) is 19.6 Å². The third-order valence-electron chi connectivity index (χ3n) is 8.11. The van der Waals surface area contributed by atoms with Crippen LogP contribution in [-0.4, -0.2) is 56.2 Å². The van der Waals surface area contributed by atoms with E-state index in [1.807, 2.05) is 4.90 Å². The third kappa shape index (κ3) is 31.6. The minimum absolute atomic E-state index is 0.100. The van der Waals surface area contributed by atoms with Gasteiger partial charge in [-0.1, -0.05) is 128 Å².